The van der Waals surface area contributed by atoms with Gasteiger partial charge in [-0.3, -0.25) is 14.3 Å². The Hall–Kier alpha value is -1.07. The SMILES string of the molecule is O=c1cc(Cl)[nH]c(=O)n1CC1CCCOC1. The molecule has 1 unspecified atom stereocenters. The molecule has 0 radical (unpaired) electrons. The number of ether oxygens (including phenoxy) is 1. The van der Waals surface area contributed by atoms with Crippen molar-refractivity contribution in [2.75, 3.05) is 13.2 Å². The maximum atomic E-state index is 11.6. The van der Waals surface area contributed by atoms with Crippen LogP contribution < -0.4 is 11.2 Å². The zero-order valence-corrected chi connectivity index (χ0v) is 9.50. The summed E-state index contributed by atoms with van der Waals surface area (Å²) in [5, 5.41) is 0.0751. The van der Waals surface area contributed by atoms with E-state index in [1.54, 1.807) is 0 Å². The first kappa shape index (κ1) is 11.4. The zero-order valence-electron chi connectivity index (χ0n) is 8.74. The summed E-state index contributed by atoms with van der Waals surface area (Å²) >= 11 is 5.57. The average molecular weight is 245 g/mol. The first-order valence-electron chi connectivity index (χ1n) is 5.24. The molecule has 0 amide bonds. The number of nitrogens with one attached hydrogen (secondary N) is 1. The molecule has 1 aromatic heterocycles. The van der Waals surface area contributed by atoms with Crippen LogP contribution in [-0.4, -0.2) is 22.8 Å². The fourth-order valence-corrected chi connectivity index (χ4v) is 2.05. The van der Waals surface area contributed by atoms with Gasteiger partial charge in [-0.05, 0) is 12.8 Å². The van der Waals surface area contributed by atoms with Gasteiger partial charge in [0.2, 0.25) is 0 Å². The van der Waals surface area contributed by atoms with Crippen molar-refractivity contribution in [1.82, 2.24) is 9.55 Å². The van der Waals surface area contributed by atoms with Gasteiger partial charge in [0.05, 0.1) is 6.61 Å². The Morgan fingerprint density at radius 3 is 3.00 bits per heavy atom. The molecule has 1 saturated heterocycles. The van der Waals surface area contributed by atoms with Crippen LogP contribution in [0, 0.1) is 5.92 Å². The van der Waals surface area contributed by atoms with Crippen molar-refractivity contribution in [1.29, 1.82) is 0 Å². The van der Waals surface area contributed by atoms with Gasteiger partial charge in [0, 0.05) is 25.1 Å². The quantitative estimate of drug-likeness (QED) is 0.776. The Morgan fingerprint density at radius 2 is 2.38 bits per heavy atom. The molecule has 0 bridgehead atoms. The van der Waals surface area contributed by atoms with E-state index in [0.29, 0.717) is 13.2 Å². The summed E-state index contributed by atoms with van der Waals surface area (Å²) in [6.45, 7) is 1.77. The molecule has 1 N–H and O–H groups in total. The molecule has 1 atom stereocenters. The van der Waals surface area contributed by atoms with Crippen LogP contribution in [0.25, 0.3) is 0 Å². The van der Waals surface area contributed by atoms with Crippen molar-refractivity contribution >= 4 is 11.6 Å². The number of hydrogen-bond acceptors (Lipinski definition) is 3. The van der Waals surface area contributed by atoms with E-state index < -0.39 is 5.69 Å². The van der Waals surface area contributed by atoms with Gasteiger partial charge in [0.15, 0.2) is 0 Å². The monoisotopic (exact) mass is 244 g/mol. The van der Waals surface area contributed by atoms with Gasteiger partial charge in [-0.15, -0.1) is 0 Å². The molecule has 2 heterocycles. The number of nitrogens with zero attached hydrogens (tertiary/aromatic N) is 1. The van der Waals surface area contributed by atoms with Gasteiger partial charge in [0.1, 0.15) is 5.15 Å². The third-order valence-corrected chi connectivity index (χ3v) is 2.89. The lowest BCUT2D eigenvalue weighted by Gasteiger charge is -2.22. The summed E-state index contributed by atoms with van der Waals surface area (Å²) in [5.74, 6) is 0.230. The minimum absolute atomic E-state index is 0.0751. The minimum atomic E-state index is -0.455. The summed E-state index contributed by atoms with van der Waals surface area (Å²) in [4.78, 5) is 25.5. The Bertz CT molecular complexity index is 442. The highest BCUT2D eigenvalue weighted by atomic mass is 35.5. The van der Waals surface area contributed by atoms with Gasteiger partial charge in [-0.1, -0.05) is 11.6 Å². The first-order chi connectivity index (χ1) is 7.66. The predicted octanol–water partition coefficient (Wildman–Crippen LogP) is 0.617. The molecule has 1 fully saturated rings. The largest absolute Gasteiger partial charge is 0.381 e. The average Bonchev–Trinajstić information content (AvgIpc) is 2.25. The van der Waals surface area contributed by atoms with Gasteiger partial charge in [-0.25, -0.2) is 4.79 Å². The highest BCUT2D eigenvalue weighted by molar-refractivity contribution is 6.29. The highest BCUT2D eigenvalue weighted by Crippen LogP contribution is 2.14. The van der Waals surface area contributed by atoms with Gasteiger partial charge >= 0.3 is 5.69 Å². The molecule has 1 aliphatic heterocycles. The van der Waals surface area contributed by atoms with Crippen LogP contribution in [0.4, 0.5) is 0 Å². The van der Waals surface area contributed by atoms with Crippen molar-refractivity contribution in [3.05, 3.63) is 32.1 Å². The third-order valence-electron chi connectivity index (χ3n) is 2.68. The van der Waals surface area contributed by atoms with Gasteiger partial charge in [-0.2, -0.15) is 0 Å². The lowest BCUT2D eigenvalue weighted by atomic mass is 10.0. The van der Waals surface area contributed by atoms with Crippen LogP contribution in [0.3, 0.4) is 0 Å². The second kappa shape index (κ2) is 4.84. The minimum Gasteiger partial charge on any atom is -0.381 e. The lowest BCUT2D eigenvalue weighted by molar-refractivity contribution is 0.0475. The molecule has 2 rings (SSSR count). The van der Waals surface area contributed by atoms with E-state index in [1.807, 2.05) is 0 Å². The Kier molecular flexibility index (Phi) is 3.46. The van der Waals surface area contributed by atoms with E-state index in [0.717, 1.165) is 19.4 Å². The molecule has 0 aliphatic carbocycles. The molecule has 16 heavy (non-hydrogen) atoms. The van der Waals surface area contributed by atoms with Crippen molar-refractivity contribution in [2.45, 2.75) is 19.4 Å². The number of H-pyrrole nitrogens is 1. The number of aromatic nitrogens is 2. The Balaban J connectivity index is 2.20. The van der Waals surface area contributed by atoms with Gasteiger partial charge in [0.25, 0.3) is 5.56 Å². The van der Waals surface area contributed by atoms with E-state index in [1.165, 1.54) is 10.6 Å². The van der Waals surface area contributed by atoms with Crippen LogP contribution in [0.15, 0.2) is 15.7 Å². The van der Waals surface area contributed by atoms with Crippen LogP contribution in [0.1, 0.15) is 12.8 Å². The molecule has 0 spiro atoms. The summed E-state index contributed by atoms with van der Waals surface area (Å²) in [6, 6.07) is 1.21. The fraction of sp³-hybridized carbons (Fsp3) is 0.600. The second-order valence-corrected chi connectivity index (χ2v) is 4.36. The molecular formula is C10H13ClN2O3. The summed E-state index contributed by atoms with van der Waals surface area (Å²) < 4.78 is 6.48. The van der Waals surface area contributed by atoms with Crippen molar-refractivity contribution in [2.24, 2.45) is 5.92 Å². The molecule has 0 saturated carbocycles. The number of aromatic amines is 1. The van der Waals surface area contributed by atoms with Crippen molar-refractivity contribution in [3.63, 3.8) is 0 Å². The molecule has 1 aliphatic rings. The summed E-state index contributed by atoms with van der Waals surface area (Å²) in [5.41, 5.74) is -0.817. The van der Waals surface area contributed by atoms with E-state index in [4.69, 9.17) is 16.3 Å². The Labute approximate surface area is 97.0 Å². The molecule has 1 aromatic rings. The number of halogens is 1. The van der Waals surface area contributed by atoms with Crippen LogP contribution in [0.5, 0.6) is 0 Å². The maximum Gasteiger partial charge on any atom is 0.329 e. The third kappa shape index (κ3) is 2.54. The second-order valence-electron chi connectivity index (χ2n) is 3.95. The topological polar surface area (TPSA) is 64.1 Å². The van der Waals surface area contributed by atoms with Crippen molar-refractivity contribution in [3.8, 4) is 0 Å². The van der Waals surface area contributed by atoms with Crippen LogP contribution in [0.2, 0.25) is 5.15 Å². The normalized spacial score (nSPS) is 20.9. The number of rotatable bonds is 2. The van der Waals surface area contributed by atoms with Gasteiger partial charge < -0.3 is 4.74 Å². The van der Waals surface area contributed by atoms with Crippen LogP contribution >= 0.6 is 11.6 Å². The summed E-state index contributed by atoms with van der Waals surface area (Å²) in [6.07, 6.45) is 1.96. The molecule has 0 aromatic carbocycles. The molecule has 88 valence electrons. The zero-order chi connectivity index (χ0) is 11.5. The van der Waals surface area contributed by atoms with E-state index in [9.17, 15) is 9.59 Å². The standard InChI is InChI=1S/C10H13ClN2O3/c11-8-4-9(14)13(10(15)12-8)5-7-2-1-3-16-6-7/h4,7H,1-3,5-6H2,(H,12,15). The van der Waals surface area contributed by atoms with E-state index in [2.05, 4.69) is 4.98 Å². The van der Waals surface area contributed by atoms with E-state index >= 15 is 0 Å². The smallest absolute Gasteiger partial charge is 0.329 e. The molecule has 6 heteroatoms. The highest BCUT2D eigenvalue weighted by Gasteiger charge is 2.16. The predicted molar refractivity (Wildman–Crippen MR) is 59.9 cm³/mol. The van der Waals surface area contributed by atoms with E-state index in [-0.39, 0.29) is 16.6 Å². The van der Waals surface area contributed by atoms with Crippen molar-refractivity contribution < 1.29 is 4.74 Å². The fourth-order valence-electron chi connectivity index (χ4n) is 1.87. The molecule has 5 nitrogen and oxygen atoms in total. The number of hydrogen-bond donors (Lipinski definition) is 1. The molecular weight excluding hydrogens is 232 g/mol. The lowest BCUT2D eigenvalue weighted by Crippen LogP contribution is -2.38. The maximum absolute atomic E-state index is 11.6. The van der Waals surface area contributed by atoms with Crippen LogP contribution in [-0.2, 0) is 11.3 Å². The first-order valence-corrected chi connectivity index (χ1v) is 5.62. The summed E-state index contributed by atoms with van der Waals surface area (Å²) in [7, 11) is 0. The Morgan fingerprint density at radius 1 is 1.56 bits per heavy atom.